The molecule has 0 spiro atoms. The van der Waals surface area contributed by atoms with Gasteiger partial charge in [0.25, 0.3) is 0 Å². The predicted octanol–water partition coefficient (Wildman–Crippen LogP) is 4.55. The summed E-state index contributed by atoms with van der Waals surface area (Å²) >= 11 is 0. The number of carbonyl (C=O) groups is 1. The highest BCUT2D eigenvalue weighted by Gasteiger charge is 2.05. The lowest BCUT2D eigenvalue weighted by atomic mass is 10.2. The van der Waals surface area contributed by atoms with E-state index in [4.69, 9.17) is 14.6 Å². The van der Waals surface area contributed by atoms with E-state index in [2.05, 4.69) is 4.98 Å². The van der Waals surface area contributed by atoms with E-state index in [1.165, 1.54) is 6.08 Å². The minimum atomic E-state index is -1.01. The van der Waals surface area contributed by atoms with Crippen molar-refractivity contribution in [2.24, 2.45) is 0 Å². The topological polar surface area (TPSA) is 68.7 Å². The normalized spacial score (nSPS) is 10.6. The van der Waals surface area contributed by atoms with Crippen molar-refractivity contribution in [1.82, 2.24) is 4.98 Å². The SMILES string of the molecule is O=C(O)C=Cc1ccc(OCc2ccccc2Oc2ccccc2)cn1. The lowest BCUT2D eigenvalue weighted by molar-refractivity contribution is -0.131. The van der Waals surface area contributed by atoms with Gasteiger partial charge in [-0.2, -0.15) is 0 Å². The largest absolute Gasteiger partial charge is 0.487 e. The third kappa shape index (κ3) is 4.95. The number of ether oxygens (including phenoxy) is 2. The fraction of sp³-hybridized carbons (Fsp3) is 0.0476. The van der Waals surface area contributed by atoms with Gasteiger partial charge in [0.05, 0.1) is 11.9 Å². The molecule has 3 aromatic rings. The molecule has 26 heavy (non-hydrogen) atoms. The summed E-state index contributed by atoms with van der Waals surface area (Å²) in [5.74, 6) is 1.07. The fourth-order valence-electron chi connectivity index (χ4n) is 2.23. The van der Waals surface area contributed by atoms with Crippen molar-refractivity contribution >= 4 is 12.0 Å². The minimum absolute atomic E-state index is 0.328. The Balaban J connectivity index is 1.65. The maximum absolute atomic E-state index is 10.5. The second-order valence-corrected chi connectivity index (χ2v) is 5.40. The molecular formula is C21H17NO4. The molecule has 5 nitrogen and oxygen atoms in total. The van der Waals surface area contributed by atoms with Gasteiger partial charge >= 0.3 is 5.97 Å². The molecular weight excluding hydrogens is 330 g/mol. The van der Waals surface area contributed by atoms with Gasteiger partial charge in [-0.15, -0.1) is 0 Å². The third-order valence-corrected chi connectivity index (χ3v) is 3.49. The van der Waals surface area contributed by atoms with Gasteiger partial charge in [0.15, 0.2) is 0 Å². The van der Waals surface area contributed by atoms with Gasteiger partial charge in [-0.05, 0) is 36.4 Å². The summed E-state index contributed by atoms with van der Waals surface area (Å²) in [7, 11) is 0. The van der Waals surface area contributed by atoms with Crippen molar-refractivity contribution in [3.05, 3.63) is 90.3 Å². The Labute approximate surface area is 151 Å². The summed E-state index contributed by atoms with van der Waals surface area (Å²) in [4.78, 5) is 14.7. The molecule has 0 aliphatic heterocycles. The summed E-state index contributed by atoms with van der Waals surface area (Å²) in [6, 6.07) is 20.7. The fourth-order valence-corrected chi connectivity index (χ4v) is 2.23. The average Bonchev–Trinajstić information content (AvgIpc) is 2.67. The second kappa shape index (κ2) is 8.48. The standard InChI is InChI=1S/C21H17NO4/c23-21(24)13-11-17-10-12-19(14-22-17)25-15-16-6-4-5-9-20(16)26-18-7-2-1-3-8-18/h1-14H,15H2,(H,23,24). The molecule has 0 saturated carbocycles. The molecule has 0 amide bonds. The van der Waals surface area contributed by atoms with Gasteiger partial charge in [0.2, 0.25) is 0 Å². The van der Waals surface area contributed by atoms with Crippen LogP contribution in [0.5, 0.6) is 17.2 Å². The summed E-state index contributed by atoms with van der Waals surface area (Å²) in [6.07, 6.45) is 4.03. The van der Waals surface area contributed by atoms with Gasteiger partial charge in [0.1, 0.15) is 23.9 Å². The van der Waals surface area contributed by atoms with Crippen LogP contribution in [0.2, 0.25) is 0 Å². The monoisotopic (exact) mass is 347 g/mol. The van der Waals surface area contributed by atoms with Crippen LogP contribution in [0.3, 0.4) is 0 Å². The molecule has 1 heterocycles. The van der Waals surface area contributed by atoms with Crippen LogP contribution in [-0.4, -0.2) is 16.1 Å². The number of aromatic nitrogens is 1. The number of rotatable bonds is 7. The Bertz CT molecular complexity index is 889. The number of carboxylic acid groups (broad SMARTS) is 1. The van der Waals surface area contributed by atoms with Gasteiger partial charge in [-0.3, -0.25) is 4.98 Å². The molecule has 0 radical (unpaired) electrons. The first-order chi connectivity index (χ1) is 12.7. The Morgan fingerprint density at radius 1 is 0.962 bits per heavy atom. The first kappa shape index (κ1) is 17.2. The number of hydrogen-bond acceptors (Lipinski definition) is 4. The molecule has 1 N–H and O–H groups in total. The Hall–Kier alpha value is -3.60. The molecule has 0 atom stereocenters. The zero-order chi connectivity index (χ0) is 18.2. The van der Waals surface area contributed by atoms with Gasteiger partial charge in [0, 0.05) is 11.6 Å². The van der Waals surface area contributed by atoms with E-state index in [1.54, 1.807) is 18.3 Å². The Morgan fingerprint density at radius 2 is 1.73 bits per heavy atom. The van der Waals surface area contributed by atoms with Gasteiger partial charge < -0.3 is 14.6 Å². The molecule has 1 aromatic heterocycles. The predicted molar refractivity (Wildman–Crippen MR) is 98.2 cm³/mol. The molecule has 0 aliphatic carbocycles. The van der Waals surface area contributed by atoms with Crippen molar-refractivity contribution in [3.8, 4) is 17.2 Å². The van der Waals surface area contributed by atoms with Crippen LogP contribution in [0.1, 0.15) is 11.3 Å². The highest BCUT2D eigenvalue weighted by Crippen LogP contribution is 2.26. The maximum atomic E-state index is 10.5. The van der Waals surface area contributed by atoms with Gasteiger partial charge in [-0.1, -0.05) is 36.4 Å². The molecule has 130 valence electrons. The van der Waals surface area contributed by atoms with Gasteiger partial charge in [-0.25, -0.2) is 4.79 Å². The van der Waals surface area contributed by atoms with Crippen LogP contribution < -0.4 is 9.47 Å². The number of pyridine rings is 1. The van der Waals surface area contributed by atoms with E-state index in [0.29, 0.717) is 18.1 Å². The van der Waals surface area contributed by atoms with Crippen LogP contribution >= 0.6 is 0 Å². The van der Waals surface area contributed by atoms with Crippen LogP contribution in [0.4, 0.5) is 0 Å². The van der Waals surface area contributed by atoms with Crippen molar-refractivity contribution in [2.75, 3.05) is 0 Å². The smallest absolute Gasteiger partial charge is 0.328 e. The molecule has 0 saturated heterocycles. The Kier molecular flexibility index (Phi) is 5.62. The zero-order valence-corrected chi connectivity index (χ0v) is 13.9. The quantitative estimate of drug-likeness (QED) is 0.635. The van der Waals surface area contributed by atoms with Crippen LogP contribution in [0.25, 0.3) is 6.08 Å². The molecule has 0 fully saturated rings. The van der Waals surface area contributed by atoms with E-state index in [9.17, 15) is 4.79 Å². The highest BCUT2D eigenvalue weighted by atomic mass is 16.5. The van der Waals surface area contributed by atoms with Crippen molar-refractivity contribution in [3.63, 3.8) is 0 Å². The van der Waals surface area contributed by atoms with E-state index >= 15 is 0 Å². The zero-order valence-electron chi connectivity index (χ0n) is 13.9. The number of benzene rings is 2. The summed E-state index contributed by atoms with van der Waals surface area (Å²) < 4.78 is 11.7. The number of para-hydroxylation sites is 2. The van der Waals surface area contributed by atoms with E-state index in [0.717, 1.165) is 23.1 Å². The number of carboxylic acids is 1. The average molecular weight is 347 g/mol. The summed E-state index contributed by atoms with van der Waals surface area (Å²) in [6.45, 7) is 0.328. The maximum Gasteiger partial charge on any atom is 0.328 e. The summed E-state index contributed by atoms with van der Waals surface area (Å²) in [5, 5.41) is 8.62. The second-order valence-electron chi connectivity index (χ2n) is 5.40. The molecule has 0 unspecified atom stereocenters. The number of aliphatic carboxylic acids is 1. The summed E-state index contributed by atoms with van der Waals surface area (Å²) in [5.41, 5.74) is 1.46. The van der Waals surface area contributed by atoms with Crippen LogP contribution in [0, 0.1) is 0 Å². The van der Waals surface area contributed by atoms with Crippen LogP contribution in [-0.2, 0) is 11.4 Å². The first-order valence-electron chi connectivity index (χ1n) is 8.01. The van der Waals surface area contributed by atoms with E-state index in [1.807, 2.05) is 54.6 Å². The molecule has 5 heteroatoms. The molecule has 3 rings (SSSR count). The molecule has 0 aliphatic rings. The number of nitrogens with zero attached hydrogens (tertiary/aromatic N) is 1. The Morgan fingerprint density at radius 3 is 2.46 bits per heavy atom. The first-order valence-corrected chi connectivity index (χ1v) is 8.01. The van der Waals surface area contributed by atoms with E-state index in [-0.39, 0.29) is 0 Å². The third-order valence-electron chi connectivity index (χ3n) is 3.49. The van der Waals surface area contributed by atoms with Crippen LogP contribution in [0.15, 0.2) is 79.0 Å². The number of hydrogen-bond donors (Lipinski definition) is 1. The highest BCUT2D eigenvalue weighted by molar-refractivity contribution is 5.84. The van der Waals surface area contributed by atoms with E-state index < -0.39 is 5.97 Å². The lowest BCUT2D eigenvalue weighted by Crippen LogP contribution is -1.99. The van der Waals surface area contributed by atoms with Crippen molar-refractivity contribution in [1.29, 1.82) is 0 Å². The van der Waals surface area contributed by atoms with Crippen molar-refractivity contribution in [2.45, 2.75) is 6.61 Å². The molecule has 0 bridgehead atoms. The van der Waals surface area contributed by atoms with Crippen molar-refractivity contribution < 1.29 is 19.4 Å². The minimum Gasteiger partial charge on any atom is -0.487 e. The molecule has 2 aromatic carbocycles. The lowest BCUT2D eigenvalue weighted by Gasteiger charge is -2.12.